The minimum atomic E-state index is -0.203. The molecule has 0 aliphatic heterocycles. The third-order valence-electron chi connectivity index (χ3n) is 3.90. The molecule has 2 nitrogen and oxygen atoms in total. The third-order valence-corrected chi connectivity index (χ3v) is 3.90. The Bertz CT molecular complexity index is 395. The lowest BCUT2D eigenvalue weighted by Gasteiger charge is -2.17. The number of unbranched alkanes of at least 4 members (excludes halogenated alkanes) is 1. The Hall–Kier alpha value is -1.09. The lowest BCUT2D eigenvalue weighted by atomic mass is 10.0. The van der Waals surface area contributed by atoms with Gasteiger partial charge in [0.25, 0.3) is 0 Å². The monoisotopic (exact) mass is 281 g/mol. The molecule has 0 amide bonds. The highest BCUT2D eigenvalue weighted by Crippen LogP contribution is 2.23. The summed E-state index contributed by atoms with van der Waals surface area (Å²) in [6.07, 6.45) is 4.73. The van der Waals surface area contributed by atoms with Gasteiger partial charge in [-0.1, -0.05) is 39.2 Å². The fraction of sp³-hybridized carbons (Fsp3) is 0.647. The number of benzene rings is 1. The van der Waals surface area contributed by atoms with Crippen molar-refractivity contribution in [1.29, 1.82) is 0 Å². The molecule has 0 aliphatic carbocycles. The van der Waals surface area contributed by atoms with Gasteiger partial charge in [-0.15, -0.1) is 0 Å². The van der Waals surface area contributed by atoms with E-state index < -0.39 is 0 Å². The summed E-state index contributed by atoms with van der Waals surface area (Å²) >= 11 is 0. The van der Waals surface area contributed by atoms with E-state index in [0.717, 1.165) is 6.42 Å². The van der Waals surface area contributed by atoms with Gasteiger partial charge in [-0.2, -0.15) is 0 Å². The molecule has 1 aromatic carbocycles. The van der Waals surface area contributed by atoms with Gasteiger partial charge < -0.3 is 10.1 Å². The fourth-order valence-corrected chi connectivity index (χ4v) is 2.22. The molecule has 2 atom stereocenters. The largest absolute Gasteiger partial charge is 0.493 e. The molecule has 1 N–H and O–H groups in total. The molecule has 0 radical (unpaired) electrons. The molecule has 2 unspecified atom stereocenters. The maximum atomic E-state index is 14.0. The number of ether oxygens (including phenoxy) is 1. The Balaban J connectivity index is 2.58. The number of halogens is 1. The van der Waals surface area contributed by atoms with Crippen LogP contribution < -0.4 is 10.1 Å². The first-order chi connectivity index (χ1) is 9.62. The average Bonchev–Trinajstić information content (AvgIpc) is 2.47. The Morgan fingerprint density at radius 2 is 2.05 bits per heavy atom. The highest BCUT2D eigenvalue weighted by Gasteiger charge is 2.11. The van der Waals surface area contributed by atoms with Crippen molar-refractivity contribution in [3.8, 4) is 5.75 Å². The topological polar surface area (TPSA) is 21.3 Å². The first kappa shape index (κ1) is 17.0. The summed E-state index contributed by atoms with van der Waals surface area (Å²) in [5.74, 6) is 0.990. The highest BCUT2D eigenvalue weighted by molar-refractivity contribution is 5.30. The molecule has 0 heterocycles. The Morgan fingerprint density at radius 1 is 1.30 bits per heavy atom. The van der Waals surface area contributed by atoms with Crippen LogP contribution in [-0.2, 0) is 0 Å². The van der Waals surface area contributed by atoms with Gasteiger partial charge in [0, 0.05) is 17.7 Å². The van der Waals surface area contributed by atoms with E-state index in [-0.39, 0.29) is 11.9 Å². The molecular weight excluding hydrogens is 253 g/mol. The van der Waals surface area contributed by atoms with Crippen LogP contribution in [0.4, 0.5) is 4.39 Å². The van der Waals surface area contributed by atoms with Gasteiger partial charge in [0.05, 0.1) is 6.61 Å². The Kier molecular flexibility index (Phi) is 7.60. The quantitative estimate of drug-likeness (QED) is 0.708. The second kappa shape index (κ2) is 8.96. The second-order valence-corrected chi connectivity index (χ2v) is 5.42. The zero-order valence-electron chi connectivity index (χ0n) is 13.2. The summed E-state index contributed by atoms with van der Waals surface area (Å²) in [6, 6.07) is 5.17. The summed E-state index contributed by atoms with van der Waals surface area (Å²) in [6.45, 7) is 7.00. The Morgan fingerprint density at radius 3 is 2.60 bits per heavy atom. The standard InChI is InChI=1S/C17H28FNO/c1-5-7-8-14(6-2)12-20-15-9-10-16(13(3)19-4)17(18)11-15/h9-11,13-14,19H,5-8,12H2,1-4H3. The smallest absolute Gasteiger partial charge is 0.131 e. The number of hydrogen-bond acceptors (Lipinski definition) is 2. The molecule has 0 aromatic heterocycles. The van der Waals surface area contributed by atoms with Crippen molar-refractivity contribution in [2.24, 2.45) is 5.92 Å². The fourth-order valence-electron chi connectivity index (χ4n) is 2.22. The van der Waals surface area contributed by atoms with Gasteiger partial charge in [0.2, 0.25) is 0 Å². The minimum Gasteiger partial charge on any atom is -0.493 e. The van der Waals surface area contributed by atoms with E-state index in [4.69, 9.17) is 4.74 Å². The molecule has 3 heteroatoms. The normalized spacial score (nSPS) is 14.1. The van der Waals surface area contributed by atoms with Crippen LogP contribution in [0.15, 0.2) is 18.2 Å². The molecule has 114 valence electrons. The van der Waals surface area contributed by atoms with E-state index in [1.54, 1.807) is 6.07 Å². The van der Waals surface area contributed by atoms with Gasteiger partial charge >= 0.3 is 0 Å². The van der Waals surface area contributed by atoms with E-state index in [9.17, 15) is 4.39 Å². The number of rotatable bonds is 9. The lowest BCUT2D eigenvalue weighted by Crippen LogP contribution is -2.14. The van der Waals surface area contributed by atoms with E-state index in [2.05, 4.69) is 19.2 Å². The molecule has 0 aliphatic rings. The van der Waals surface area contributed by atoms with Crippen LogP contribution in [0.5, 0.6) is 5.75 Å². The lowest BCUT2D eigenvalue weighted by molar-refractivity contribution is 0.232. The van der Waals surface area contributed by atoms with Gasteiger partial charge in [0.1, 0.15) is 11.6 Å². The van der Waals surface area contributed by atoms with Crippen LogP contribution in [0.2, 0.25) is 0 Å². The van der Waals surface area contributed by atoms with Gasteiger partial charge in [-0.3, -0.25) is 0 Å². The highest BCUT2D eigenvalue weighted by atomic mass is 19.1. The predicted molar refractivity (Wildman–Crippen MR) is 82.7 cm³/mol. The summed E-state index contributed by atoms with van der Waals surface area (Å²) < 4.78 is 19.7. The molecule has 0 fully saturated rings. The SMILES string of the molecule is CCCCC(CC)COc1ccc(C(C)NC)c(F)c1. The van der Waals surface area contributed by atoms with E-state index in [1.165, 1.54) is 25.3 Å². The minimum absolute atomic E-state index is 0.0111. The molecule has 0 spiro atoms. The van der Waals surface area contributed by atoms with Crippen molar-refractivity contribution in [3.05, 3.63) is 29.6 Å². The van der Waals surface area contributed by atoms with Crippen LogP contribution in [0.25, 0.3) is 0 Å². The summed E-state index contributed by atoms with van der Waals surface area (Å²) in [4.78, 5) is 0. The van der Waals surface area contributed by atoms with Crippen molar-refractivity contribution >= 4 is 0 Å². The summed E-state index contributed by atoms with van der Waals surface area (Å²) in [7, 11) is 1.83. The summed E-state index contributed by atoms with van der Waals surface area (Å²) in [5.41, 5.74) is 0.679. The first-order valence-corrected chi connectivity index (χ1v) is 7.71. The van der Waals surface area contributed by atoms with Crippen LogP contribution in [0.3, 0.4) is 0 Å². The zero-order valence-corrected chi connectivity index (χ0v) is 13.2. The van der Waals surface area contributed by atoms with Crippen LogP contribution in [-0.4, -0.2) is 13.7 Å². The zero-order chi connectivity index (χ0) is 15.0. The van der Waals surface area contributed by atoms with Crippen molar-refractivity contribution in [2.75, 3.05) is 13.7 Å². The molecular formula is C17H28FNO. The predicted octanol–water partition coefficient (Wildman–Crippen LogP) is 4.70. The first-order valence-electron chi connectivity index (χ1n) is 7.71. The molecule has 0 saturated heterocycles. The number of nitrogens with one attached hydrogen (secondary N) is 1. The summed E-state index contributed by atoms with van der Waals surface area (Å²) in [5, 5.41) is 3.04. The number of hydrogen-bond donors (Lipinski definition) is 1. The Labute approximate surface area is 122 Å². The maximum Gasteiger partial charge on any atom is 0.131 e. The molecule has 20 heavy (non-hydrogen) atoms. The van der Waals surface area contributed by atoms with Gasteiger partial charge in [0.15, 0.2) is 0 Å². The van der Waals surface area contributed by atoms with Crippen LogP contribution in [0, 0.1) is 11.7 Å². The third kappa shape index (κ3) is 5.12. The second-order valence-electron chi connectivity index (χ2n) is 5.42. The molecule has 0 bridgehead atoms. The van der Waals surface area contributed by atoms with Crippen molar-refractivity contribution < 1.29 is 9.13 Å². The van der Waals surface area contributed by atoms with Crippen molar-refractivity contribution in [1.82, 2.24) is 5.32 Å². The molecule has 1 rings (SSSR count). The van der Waals surface area contributed by atoms with E-state index >= 15 is 0 Å². The van der Waals surface area contributed by atoms with Crippen molar-refractivity contribution in [3.63, 3.8) is 0 Å². The van der Waals surface area contributed by atoms with Crippen LogP contribution >= 0.6 is 0 Å². The van der Waals surface area contributed by atoms with Gasteiger partial charge in [-0.05, 0) is 32.4 Å². The van der Waals surface area contributed by atoms with Crippen molar-refractivity contribution in [2.45, 2.75) is 52.5 Å². The van der Waals surface area contributed by atoms with Gasteiger partial charge in [-0.25, -0.2) is 4.39 Å². The molecule has 1 aromatic rings. The van der Waals surface area contributed by atoms with E-state index in [0.29, 0.717) is 23.8 Å². The van der Waals surface area contributed by atoms with Crippen LogP contribution in [0.1, 0.15) is 58.1 Å². The van der Waals surface area contributed by atoms with E-state index in [1.807, 2.05) is 20.0 Å². The molecule has 0 saturated carbocycles. The average molecular weight is 281 g/mol. The maximum absolute atomic E-state index is 14.0.